The van der Waals surface area contributed by atoms with E-state index in [1.165, 1.54) is 0 Å². The molecule has 1 aromatic heterocycles. The zero-order valence-corrected chi connectivity index (χ0v) is 14.7. The van der Waals surface area contributed by atoms with E-state index in [0.29, 0.717) is 26.9 Å². The second-order valence-corrected chi connectivity index (χ2v) is 6.31. The van der Waals surface area contributed by atoms with E-state index in [-0.39, 0.29) is 18.2 Å². The molecule has 5 nitrogen and oxygen atoms in total. The average Bonchev–Trinajstić information content (AvgIpc) is 2.91. The molecule has 1 heterocycles. The Morgan fingerprint density at radius 3 is 2.44 bits per heavy atom. The van der Waals surface area contributed by atoms with Gasteiger partial charge in [-0.3, -0.25) is 9.59 Å². The Balaban J connectivity index is 1.65. The number of halogens is 2. The number of furan rings is 1. The van der Waals surface area contributed by atoms with Gasteiger partial charge in [0, 0.05) is 26.7 Å². The van der Waals surface area contributed by atoms with E-state index in [4.69, 9.17) is 27.6 Å². The first-order valence-electron chi connectivity index (χ1n) is 7.46. The first kappa shape index (κ1) is 17.3. The molecule has 0 aliphatic rings. The number of amides is 2. The zero-order valence-electron chi connectivity index (χ0n) is 13.2. The summed E-state index contributed by atoms with van der Waals surface area (Å²) < 4.78 is 5.56. The van der Waals surface area contributed by atoms with Crippen LogP contribution in [0.4, 0.5) is 5.69 Å². The molecule has 7 heteroatoms. The van der Waals surface area contributed by atoms with Gasteiger partial charge in [-0.05, 0) is 49.4 Å². The van der Waals surface area contributed by atoms with Crippen molar-refractivity contribution in [2.75, 3.05) is 11.9 Å². The van der Waals surface area contributed by atoms with Crippen LogP contribution >= 0.6 is 23.2 Å². The maximum absolute atomic E-state index is 12.3. The minimum absolute atomic E-state index is 0.163. The van der Waals surface area contributed by atoms with Crippen molar-refractivity contribution in [1.29, 1.82) is 0 Å². The third-order valence-corrected chi connectivity index (χ3v) is 4.13. The highest BCUT2D eigenvalue weighted by Crippen LogP contribution is 2.27. The van der Waals surface area contributed by atoms with E-state index in [1.54, 1.807) is 49.4 Å². The standard InChI is InChI=1S/C18H14Cl2N2O3/c1-10-14-8-12(20)4-7-15(14)25-17(10)18(24)21-9-16(23)22-13-5-2-11(19)3-6-13/h2-8H,9H2,1H3,(H,21,24)(H,22,23). The molecular weight excluding hydrogens is 363 g/mol. The molecule has 0 unspecified atom stereocenters. The van der Waals surface area contributed by atoms with Gasteiger partial charge in [0.1, 0.15) is 5.58 Å². The first-order valence-corrected chi connectivity index (χ1v) is 8.22. The highest BCUT2D eigenvalue weighted by Gasteiger charge is 2.18. The summed E-state index contributed by atoms with van der Waals surface area (Å²) in [6.45, 7) is 1.59. The minimum Gasteiger partial charge on any atom is -0.451 e. The number of hydrogen-bond acceptors (Lipinski definition) is 3. The lowest BCUT2D eigenvalue weighted by Gasteiger charge is -2.06. The molecule has 3 rings (SSSR count). The molecule has 3 aromatic rings. The lowest BCUT2D eigenvalue weighted by atomic mass is 10.1. The maximum atomic E-state index is 12.3. The Hall–Kier alpha value is -2.50. The van der Waals surface area contributed by atoms with E-state index in [0.717, 1.165) is 5.39 Å². The molecule has 0 saturated heterocycles. The van der Waals surface area contributed by atoms with E-state index in [2.05, 4.69) is 10.6 Å². The minimum atomic E-state index is -0.462. The number of anilines is 1. The van der Waals surface area contributed by atoms with Crippen LogP contribution in [-0.4, -0.2) is 18.4 Å². The summed E-state index contributed by atoms with van der Waals surface area (Å²) in [7, 11) is 0. The lowest BCUT2D eigenvalue weighted by Crippen LogP contribution is -2.32. The molecule has 128 valence electrons. The molecule has 0 saturated carbocycles. The van der Waals surface area contributed by atoms with Gasteiger partial charge in [0.15, 0.2) is 5.76 Å². The molecular formula is C18H14Cl2N2O3. The van der Waals surface area contributed by atoms with Gasteiger partial charge in [-0.2, -0.15) is 0 Å². The molecule has 2 amide bonds. The third kappa shape index (κ3) is 3.95. The molecule has 25 heavy (non-hydrogen) atoms. The second-order valence-electron chi connectivity index (χ2n) is 5.43. The molecule has 0 fully saturated rings. The predicted molar refractivity (Wildman–Crippen MR) is 98.4 cm³/mol. The van der Waals surface area contributed by atoms with Gasteiger partial charge in [0.2, 0.25) is 5.91 Å². The summed E-state index contributed by atoms with van der Waals surface area (Å²) in [4.78, 5) is 24.2. The fourth-order valence-corrected chi connectivity index (χ4v) is 2.69. The van der Waals surface area contributed by atoms with Gasteiger partial charge in [0.05, 0.1) is 6.54 Å². The van der Waals surface area contributed by atoms with Crippen LogP contribution in [0.3, 0.4) is 0 Å². The van der Waals surface area contributed by atoms with Crippen molar-refractivity contribution >= 4 is 51.7 Å². The molecule has 0 spiro atoms. The van der Waals surface area contributed by atoms with Crippen LogP contribution in [-0.2, 0) is 4.79 Å². The summed E-state index contributed by atoms with van der Waals surface area (Å²) in [5, 5.41) is 7.11. The van der Waals surface area contributed by atoms with E-state index < -0.39 is 5.91 Å². The highest BCUT2D eigenvalue weighted by atomic mass is 35.5. The molecule has 0 aliphatic carbocycles. The monoisotopic (exact) mass is 376 g/mol. The quantitative estimate of drug-likeness (QED) is 0.707. The van der Waals surface area contributed by atoms with Crippen LogP contribution in [0, 0.1) is 6.92 Å². The second kappa shape index (κ2) is 7.17. The number of hydrogen-bond donors (Lipinski definition) is 2. The van der Waals surface area contributed by atoms with Crippen molar-refractivity contribution in [3.05, 3.63) is 63.8 Å². The van der Waals surface area contributed by atoms with E-state index in [9.17, 15) is 9.59 Å². The molecule has 0 radical (unpaired) electrons. The number of benzene rings is 2. The lowest BCUT2D eigenvalue weighted by molar-refractivity contribution is -0.115. The van der Waals surface area contributed by atoms with Gasteiger partial charge in [-0.1, -0.05) is 23.2 Å². The van der Waals surface area contributed by atoms with Crippen molar-refractivity contribution in [2.24, 2.45) is 0 Å². The van der Waals surface area contributed by atoms with Gasteiger partial charge in [-0.25, -0.2) is 0 Å². The van der Waals surface area contributed by atoms with Crippen LogP contribution in [0.1, 0.15) is 16.1 Å². The molecule has 0 atom stereocenters. The Morgan fingerprint density at radius 1 is 1.04 bits per heavy atom. The van der Waals surface area contributed by atoms with Crippen molar-refractivity contribution in [2.45, 2.75) is 6.92 Å². The number of carbonyl (C=O) groups excluding carboxylic acids is 2. The fourth-order valence-electron chi connectivity index (χ4n) is 2.39. The first-order chi connectivity index (χ1) is 11.9. The van der Waals surface area contributed by atoms with E-state index in [1.807, 2.05) is 0 Å². The average molecular weight is 377 g/mol. The van der Waals surface area contributed by atoms with Crippen LogP contribution in [0.5, 0.6) is 0 Å². The fraction of sp³-hybridized carbons (Fsp3) is 0.111. The number of fused-ring (bicyclic) bond motifs is 1. The Kier molecular flexibility index (Phi) is 4.97. The summed E-state index contributed by atoms with van der Waals surface area (Å²) in [5.74, 6) is -0.653. The molecule has 0 aliphatic heterocycles. The van der Waals surface area contributed by atoms with Gasteiger partial charge in [0.25, 0.3) is 5.91 Å². The van der Waals surface area contributed by atoms with Gasteiger partial charge >= 0.3 is 0 Å². The Bertz CT molecular complexity index is 949. The van der Waals surface area contributed by atoms with Gasteiger partial charge in [-0.15, -0.1) is 0 Å². The number of nitrogens with one attached hydrogen (secondary N) is 2. The number of carbonyl (C=O) groups is 2. The SMILES string of the molecule is Cc1c(C(=O)NCC(=O)Nc2ccc(Cl)cc2)oc2ccc(Cl)cc12. The third-order valence-electron chi connectivity index (χ3n) is 3.64. The number of aryl methyl sites for hydroxylation is 1. The molecule has 2 aromatic carbocycles. The van der Waals surface area contributed by atoms with Gasteiger partial charge < -0.3 is 15.1 Å². The van der Waals surface area contributed by atoms with Crippen LogP contribution in [0.2, 0.25) is 10.0 Å². The smallest absolute Gasteiger partial charge is 0.287 e. The molecule has 0 bridgehead atoms. The number of rotatable bonds is 4. The molecule has 2 N–H and O–H groups in total. The van der Waals surface area contributed by atoms with Crippen LogP contribution in [0.15, 0.2) is 46.9 Å². The Morgan fingerprint density at radius 2 is 1.72 bits per heavy atom. The van der Waals surface area contributed by atoms with Crippen molar-refractivity contribution in [3.8, 4) is 0 Å². The normalized spacial score (nSPS) is 10.7. The van der Waals surface area contributed by atoms with Crippen molar-refractivity contribution < 1.29 is 14.0 Å². The summed E-state index contributed by atoms with van der Waals surface area (Å²) in [6, 6.07) is 11.8. The summed E-state index contributed by atoms with van der Waals surface area (Å²) >= 11 is 11.8. The topological polar surface area (TPSA) is 71.3 Å². The van der Waals surface area contributed by atoms with Crippen LogP contribution < -0.4 is 10.6 Å². The van der Waals surface area contributed by atoms with Crippen molar-refractivity contribution in [1.82, 2.24) is 5.32 Å². The Labute approximate surface area is 153 Å². The highest BCUT2D eigenvalue weighted by molar-refractivity contribution is 6.31. The largest absolute Gasteiger partial charge is 0.451 e. The van der Waals surface area contributed by atoms with E-state index >= 15 is 0 Å². The predicted octanol–water partition coefficient (Wildman–Crippen LogP) is 4.42. The maximum Gasteiger partial charge on any atom is 0.287 e. The van der Waals surface area contributed by atoms with Crippen LogP contribution in [0.25, 0.3) is 11.0 Å². The van der Waals surface area contributed by atoms with Crippen molar-refractivity contribution in [3.63, 3.8) is 0 Å². The summed E-state index contributed by atoms with van der Waals surface area (Å²) in [6.07, 6.45) is 0. The zero-order chi connectivity index (χ0) is 18.0. The summed E-state index contributed by atoms with van der Waals surface area (Å²) in [5.41, 5.74) is 1.84.